The van der Waals surface area contributed by atoms with Crippen molar-refractivity contribution in [3.63, 3.8) is 0 Å². The first-order chi connectivity index (χ1) is 11.7. The van der Waals surface area contributed by atoms with E-state index >= 15 is 0 Å². The van der Waals surface area contributed by atoms with Crippen LogP contribution in [0.15, 0.2) is 36.9 Å². The molecule has 2 aliphatic rings. The number of hydrogen-bond acceptors (Lipinski definition) is 3. The van der Waals surface area contributed by atoms with E-state index in [0.29, 0.717) is 35.8 Å². The van der Waals surface area contributed by atoms with Gasteiger partial charge in [-0.05, 0) is 49.8 Å². The van der Waals surface area contributed by atoms with E-state index in [1.54, 1.807) is 35.4 Å². The Bertz CT molecular complexity index is 729. The van der Waals surface area contributed by atoms with Gasteiger partial charge in [-0.15, -0.1) is 24.8 Å². The van der Waals surface area contributed by atoms with E-state index in [-0.39, 0.29) is 36.5 Å². The zero-order valence-electron chi connectivity index (χ0n) is 14.2. The van der Waals surface area contributed by atoms with Gasteiger partial charge < -0.3 is 15.2 Å². The summed E-state index contributed by atoms with van der Waals surface area (Å²) in [6.45, 7) is 0. The summed E-state index contributed by atoms with van der Waals surface area (Å²) >= 11 is 0. The fraction of sp³-hybridized carbons (Fsp3) is 0.444. The second-order valence-corrected chi connectivity index (χ2v) is 6.86. The number of anilines is 1. The highest BCUT2D eigenvalue weighted by Gasteiger charge is 2.34. The van der Waals surface area contributed by atoms with Crippen molar-refractivity contribution in [2.45, 2.75) is 44.2 Å². The minimum absolute atomic E-state index is 0. The van der Waals surface area contributed by atoms with Crippen LogP contribution in [0.5, 0.6) is 0 Å². The molecule has 8 heteroatoms. The SMILES string of the molecule is Cl.Cl.O=C(CC1CC2CCC(C1)N2)Nc1ccc(-n2ccnc2)c(F)c1. The number of benzene rings is 1. The lowest BCUT2D eigenvalue weighted by Crippen LogP contribution is -2.39. The van der Waals surface area contributed by atoms with Crippen molar-refractivity contribution in [1.29, 1.82) is 0 Å². The molecule has 2 aliphatic heterocycles. The van der Waals surface area contributed by atoms with Crippen LogP contribution in [0.4, 0.5) is 10.1 Å². The van der Waals surface area contributed by atoms with Crippen molar-refractivity contribution in [3.8, 4) is 5.69 Å². The van der Waals surface area contributed by atoms with Crippen molar-refractivity contribution < 1.29 is 9.18 Å². The lowest BCUT2D eigenvalue weighted by Gasteiger charge is -2.28. The van der Waals surface area contributed by atoms with E-state index in [4.69, 9.17) is 0 Å². The van der Waals surface area contributed by atoms with E-state index in [1.165, 1.54) is 18.9 Å². The molecule has 3 heterocycles. The van der Waals surface area contributed by atoms with E-state index in [9.17, 15) is 9.18 Å². The Morgan fingerprint density at radius 1 is 1.27 bits per heavy atom. The molecule has 2 atom stereocenters. The van der Waals surface area contributed by atoms with Gasteiger partial charge in [-0.1, -0.05) is 0 Å². The van der Waals surface area contributed by atoms with Gasteiger partial charge in [-0.25, -0.2) is 9.37 Å². The van der Waals surface area contributed by atoms with Gasteiger partial charge in [0.15, 0.2) is 0 Å². The Balaban J connectivity index is 0.00000121. The summed E-state index contributed by atoms with van der Waals surface area (Å²) in [6.07, 6.45) is 9.92. The first kappa shape index (κ1) is 20.7. The molecule has 0 saturated carbocycles. The summed E-state index contributed by atoms with van der Waals surface area (Å²) in [7, 11) is 0. The predicted octanol–water partition coefficient (Wildman–Crippen LogP) is 3.71. The number of aromatic nitrogens is 2. The number of rotatable bonds is 4. The Hall–Kier alpha value is -1.63. The van der Waals surface area contributed by atoms with Crippen LogP contribution >= 0.6 is 24.8 Å². The third-order valence-electron chi connectivity index (χ3n) is 5.06. The summed E-state index contributed by atoms with van der Waals surface area (Å²) in [5, 5.41) is 6.41. The molecule has 0 radical (unpaired) electrons. The second-order valence-electron chi connectivity index (χ2n) is 6.86. The normalized spacial score (nSPS) is 23.7. The maximum Gasteiger partial charge on any atom is 0.224 e. The van der Waals surface area contributed by atoms with Gasteiger partial charge in [0.2, 0.25) is 5.91 Å². The molecular weight excluding hydrogens is 378 g/mol. The monoisotopic (exact) mass is 400 g/mol. The van der Waals surface area contributed by atoms with Crippen LogP contribution < -0.4 is 10.6 Å². The lowest BCUT2D eigenvalue weighted by molar-refractivity contribution is -0.117. The maximum absolute atomic E-state index is 14.2. The van der Waals surface area contributed by atoms with Crippen molar-refractivity contribution in [3.05, 3.63) is 42.7 Å². The van der Waals surface area contributed by atoms with Crippen LogP contribution in [0.2, 0.25) is 0 Å². The number of halogens is 3. The molecule has 2 bridgehead atoms. The minimum Gasteiger partial charge on any atom is -0.326 e. The van der Waals surface area contributed by atoms with Crippen molar-refractivity contribution in [1.82, 2.24) is 14.9 Å². The number of imidazole rings is 1. The summed E-state index contributed by atoms with van der Waals surface area (Å²) in [5.41, 5.74) is 0.915. The van der Waals surface area contributed by atoms with Crippen LogP contribution in [0.1, 0.15) is 32.1 Å². The zero-order chi connectivity index (χ0) is 16.5. The number of amides is 1. The highest BCUT2D eigenvalue weighted by molar-refractivity contribution is 5.91. The minimum atomic E-state index is -0.384. The molecular formula is C18H23Cl2FN4O. The molecule has 0 spiro atoms. The molecule has 26 heavy (non-hydrogen) atoms. The van der Waals surface area contributed by atoms with E-state index < -0.39 is 0 Å². The first-order valence-corrected chi connectivity index (χ1v) is 8.51. The van der Waals surface area contributed by atoms with Gasteiger partial charge in [-0.2, -0.15) is 0 Å². The number of carbonyl (C=O) groups excluding carboxylic acids is 1. The van der Waals surface area contributed by atoms with Gasteiger partial charge in [0.1, 0.15) is 5.82 Å². The van der Waals surface area contributed by atoms with Gasteiger partial charge in [-0.3, -0.25) is 4.79 Å². The Labute approximate surface area is 164 Å². The molecule has 4 rings (SSSR count). The molecule has 1 aromatic heterocycles. The number of hydrogen-bond donors (Lipinski definition) is 2. The maximum atomic E-state index is 14.2. The molecule has 2 aromatic rings. The van der Waals surface area contributed by atoms with E-state index in [0.717, 1.165) is 12.8 Å². The molecule has 1 amide bonds. The highest BCUT2D eigenvalue weighted by atomic mass is 35.5. The van der Waals surface area contributed by atoms with Gasteiger partial charge >= 0.3 is 0 Å². The third kappa shape index (κ3) is 4.55. The van der Waals surface area contributed by atoms with E-state index in [1.807, 2.05) is 0 Å². The average Bonchev–Trinajstić information content (AvgIpc) is 3.17. The molecule has 142 valence electrons. The van der Waals surface area contributed by atoms with E-state index in [2.05, 4.69) is 15.6 Å². The number of nitrogens with zero attached hydrogens (tertiary/aromatic N) is 2. The fourth-order valence-corrected chi connectivity index (χ4v) is 4.01. The van der Waals surface area contributed by atoms with Crippen LogP contribution in [-0.4, -0.2) is 27.5 Å². The molecule has 2 unspecified atom stereocenters. The fourth-order valence-electron chi connectivity index (χ4n) is 4.01. The van der Waals surface area contributed by atoms with Crippen LogP contribution in [0.3, 0.4) is 0 Å². The molecule has 1 aromatic carbocycles. The highest BCUT2D eigenvalue weighted by Crippen LogP contribution is 2.32. The van der Waals surface area contributed by atoms with Gasteiger partial charge in [0, 0.05) is 36.6 Å². The molecule has 5 nitrogen and oxygen atoms in total. The van der Waals surface area contributed by atoms with Crippen molar-refractivity contribution in [2.75, 3.05) is 5.32 Å². The molecule has 2 saturated heterocycles. The molecule has 0 aliphatic carbocycles. The largest absolute Gasteiger partial charge is 0.326 e. The lowest BCUT2D eigenvalue weighted by atomic mass is 9.89. The number of piperidine rings is 1. The first-order valence-electron chi connectivity index (χ1n) is 8.51. The molecule has 2 fully saturated rings. The smallest absolute Gasteiger partial charge is 0.224 e. The second kappa shape index (κ2) is 8.84. The van der Waals surface area contributed by atoms with Gasteiger partial charge in [0.05, 0.1) is 12.0 Å². The van der Waals surface area contributed by atoms with Crippen LogP contribution in [-0.2, 0) is 4.79 Å². The Morgan fingerprint density at radius 3 is 2.62 bits per heavy atom. The average molecular weight is 401 g/mol. The standard InChI is InChI=1S/C18H21FN4O.2ClH/c19-16-10-15(3-4-17(16)23-6-5-20-11-23)22-18(24)9-12-7-13-1-2-14(8-12)21-13;;/h3-6,10-14,21H,1-2,7-9H2,(H,22,24);2*1H. The molecule has 2 N–H and O–H groups in total. The van der Waals surface area contributed by atoms with Crippen molar-refractivity contribution >= 4 is 36.4 Å². The van der Waals surface area contributed by atoms with Crippen LogP contribution in [0, 0.1) is 11.7 Å². The summed E-state index contributed by atoms with van der Waals surface area (Å²) in [4.78, 5) is 16.2. The van der Waals surface area contributed by atoms with Crippen molar-refractivity contribution in [2.24, 2.45) is 5.92 Å². The summed E-state index contributed by atoms with van der Waals surface area (Å²) in [6, 6.07) is 5.89. The Morgan fingerprint density at radius 2 is 2.00 bits per heavy atom. The number of nitrogens with one attached hydrogen (secondary N) is 2. The predicted molar refractivity (Wildman–Crippen MR) is 104 cm³/mol. The van der Waals surface area contributed by atoms with Crippen LogP contribution in [0.25, 0.3) is 5.69 Å². The van der Waals surface area contributed by atoms with Gasteiger partial charge in [0.25, 0.3) is 0 Å². The number of carbonyl (C=O) groups is 1. The quantitative estimate of drug-likeness (QED) is 0.821. The summed E-state index contributed by atoms with van der Waals surface area (Å²) in [5.74, 6) is 0.0145. The zero-order valence-corrected chi connectivity index (χ0v) is 15.9. The third-order valence-corrected chi connectivity index (χ3v) is 5.06. The topological polar surface area (TPSA) is 59.0 Å². The number of fused-ring (bicyclic) bond motifs is 2. The Kier molecular flexibility index (Phi) is 7.03. The summed E-state index contributed by atoms with van der Waals surface area (Å²) < 4.78 is 15.8.